The molecule has 0 fully saturated rings. The number of hydrogen-bond donors (Lipinski definition) is 1. The zero-order valence-electron chi connectivity index (χ0n) is 11.4. The average molecular weight is 301 g/mol. The van der Waals surface area contributed by atoms with Gasteiger partial charge in [-0.2, -0.15) is 5.10 Å². The van der Waals surface area contributed by atoms with Crippen molar-refractivity contribution in [2.75, 3.05) is 0 Å². The Labute approximate surface area is 126 Å². The minimum atomic E-state index is -0.258. The summed E-state index contributed by atoms with van der Waals surface area (Å²) in [4.78, 5) is 16.5. The number of nitrogens with one attached hydrogen (secondary N) is 1. The molecule has 0 saturated heterocycles. The number of rotatable bonds is 3. The monoisotopic (exact) mass is 300 g/mol. The number of amides is 1. The molecule has 21 heavy (non-hydrogen) atoms. The first-order valence-corrected chi connectivity index (χ1v) is 6.82. The number of carbonyl (C=O) groups excluding carboxylic acids is 1. The molecule has 2 heterocycles. The van der Waals surface area contributed by atoms with Gasteiger partial charge in [0, 0.05) is 30.7 Å². The maximum Gasteiger partial charge on any atom is 0.270 e. The lowest BCUT2D eigenvalue weighted by Gasteiger charge is -2.06. The Kier molecular flexibility index (Phi) is 3.58. The molecule has 6 heteroatoms. The summed E-state index contributed by atoms with van der Waals surface area (Å²) in [5.41, 5.74) is 1.94. The second-order valence-electron chi connectivity index (χ2n) is 4.71. The maximum atomic E-state index is 12.2. The summed E-state index contributed by atoms with van der Waals surface area (Å²) in [5, 5.41) is 8.21. The highest BCUT2D eigenvalue weighted by Gasteiger charge is 2.11. The van der Waals surface area contributed by atoms with E-state index in [4.69, 9.17) is 11.6 Å². The van der Waals surface area contributed by atoms with Crippen molar-refractivity contribution in [1.29, 1.82) is 0 Å². The number of aryl methyl sites for hydroxylation is 1. The third-order valence-electron chi connectivity index (χ3n) is 3.11. The first-order valence-electron chi connectivity index (χ1n) is 6.44. The minimum Gasteiger partial charge on any atom is -0.347 e. The van der Waals surface area contributed by atoms with Crippen molar-refractivity contribution < 1.29 is 4.79 Å². The molecule has 0 unspecified atom stereocenters. The standard InChI is InChI=1S/C15H13ClN4O/c1-20-9-10(8-18-20)7-17-15(21)14-6-12(16)11-4-2-3-5-13(11)19-14/h2-6,8-9H,7H2,1H3,(H,17,21). The van der Waals surface area contributed by atoms with Crippen LogP contribution in [0, 0.1) is 0 Å². The molecule has 1 N–H and O–H groups in total. The fourth-order valence-electron chi connectivity index (χ4n) is 2.09. The number of halogens is 1. The molecule has 1 amide bonds. The van der Waals surface area contributed by atoms with Crippen LogP contribution in [-0.2, 0) is 13.6 Å². The summed E-state index contributed by atoms with van der Waals surface area (Å²) in [7, 11) is 1.83. The van der Waals surface area contributed by atoms with Gasteiger partial charge < -0.3 is 5.32 Å². The number of para-hydroxylation sites is 1. The van der Waals surface area contributed by atoms with Crippen LogP contribution in [0.1, 0.15) is 16.1 Å². The molecule has 1 aromatic carbocycles. The predicted molar refractivity (Wildman–Crippen MR) is 81.1 cm³/mol. The fourth-order valence-corrected chi connectivity index (χ4v) is 2.35. The summed E-state index contributed by atoms with van der Waals surface area (Å²) >= 11 is 6.19. The highest BCUT2D eigenvalue weighted by atomic mass is 35.5. The van der Waals surface area contributed by atoms with Crippen molar-refractivity contribution in [2.24, 2.45) is 7.05 Å². The third kappa shape index (κ3) is 2.87. The minimum absolute atomic E-state index is 0.258. The highest BCUT2D eigenvalue weighted by molar-refractivity contribution is 6.35. The van der Waals surface area contributed by atoms with Gasteiger partial charge in [0.15, 0.2) is 0 Å². The van der Waals surface area contributed by atoms with E-state index in [1.807, 2.05) is 37.5 Å². The van der Waals surface area contributed by atoms with E-state index < -0.39 is 0 Å². The second kappa shape index (κ2) is 5.54. The number of aromatic nitrogens is 3. The number of hydrogen-bond acceptors (Lipinski definition) is 3. The Morgan fingerprint density at radius 1 is 1.38 bits per heavy atom. The Balaban J connectivity index is 1.81. The van der Waals surface area contributed by atoms with Crippen molar-refractivity contribution in [2.45, 2.75) is 6.54 Å². The molecule has 0 spiro atoms. The average Bonchev–Trinajstić information content (AvgIpc) is 2.90. The SMILES string of the molecule is Cn1cc(CNC(=O)c2cc(Cl)c3ccccc3n2)cn1. The lowest BCUT2D eigenvalue weighted by Crippen LogP contribution is -2.23. The molecule has 0 radical (unpaired) electrons. The predicted octanol–water partition coefficient (Wildman–Crippen LogP) is 2.55. The van der Waals surface area contributed by atoms with Gasteiger partial charge in [-0.25, -0.2) is 4.98 Å². The summed E-state index contributed by atoms with van der Waals surface area (Å²) < 4.78 is 1.69. The van der Waals surface area contributed by atoms with E-state index in [9.17, 15) is 4.79 Å². The molecule has 0 atom stereocenters. The van der Waals surface area contributed by atoms with Crippen molar-refractivity contribution in [3.05, 3.63) is 59.0 Å². The van der Waals surface area contributed by atoms with Gasteiger partial charge in [0.05, 0.1) is 16.7 Å². The topological polar surface area (TPSA) is 59.8 Å². The van der Waals surface area contributed by atoms with Gasteiger partial charge in [-0.15, -0.1) is 0 Å². The Morgan fingerprint density at radius 2 is 2.19 bits per heavy atom. The van der Waals surface area contributed by atoms with E-state index in [1.165, 1.54) is 0 Å². The molecule has 0 aliphatic rings. The van der Waals surface area contributed by atoms with Crippen LogP contribution in [0.5, 0.6) is 0 Å². The Morgan fingerprint density at radius 3 is 2.95 bits per heavy atom. The number of benzene rings is 1. The van der Waals surface area contributed by atoms with Crippen molar-refractivity contribution >= 4 is 28.4 Å². The zero-order chi connectivity index (χ0) is 14.8. The molecule has 3 aromatic rings. The lowest BCUT2D eigenvalue weighted by molar-refractivity contribution is 0.0946. The van der Waals surface area contributed by atoms with Crippen molar-refractivity contribution in [3.63, 3.8) is 0 Å². The van der Waals surface area contributed by atoms with E-state index >= 15 is 0 Å². The van der Waals surface area contributed by atoms with Crippen LogP contribution in [0.25, 0.3) is 10.9 Å². The molecule has 0 bridgehead atoms. The summed E-state index contributed by atoms with van der Waals surface area (Å²) in [6.45, 7) is 0.402. The van der Waals surface area contributed by atoms with Gasteiger partial charge in [0.25, 0.3) is 5.91 Å². The zero-order valence-corrected chi connectivity index (χ0v) is 12.1. The van der Waals surface area contributed by atoms with Gasteiger partial charge in [-0.1, -0.05) is 29.8 Å². The van der Waals surface area contributed by atoms with Crippen LogP contribution >= 0.6 is 11.6 Å². The van der Waals surface area contributed by atoms with Gasteiger partial charge >= 0.3 is 0 Å². The Hall–Kier alpha value is -2.40. The summed E-state index contributed by atoms with van der Waals surface area (Å²) in [5.74, 6) is -0.258. The van der Waals surface area contributed by atoms with Crippen LogP contribution in [0.3, 0.4) is 0 Å². The molecular weight excluding hydrogens is 288 g/mol. The molecule has 5 nitrogen and oxygen atoms in total. The molecule has 0 saturated carbocycles. The fraction of sp³-hybridized carbons (Fsp3) is 0.133. The molecular formula is C15H13ClN4O. The quantitative estimate of drug-likeness (QED) is 0.808. The van der Waals surface area contributed by atoms with Crippen LogP contribution in [0.15, 0.2) is 42.7 Å². The van der Waals surface area contributed by atoms with Crippen molar-refractivity contribution in [3.8, 4) is 0 Å². The first kappa shape index (κ1) is 13.6. The number of carbonyl (C=O) groups is 1. The van der Waals surface area contributed by atoms with Gasteiger partial charge in [0.2, 0.25) is 0 Å². The van der Waals surface area contributed by atoms with Crippen LogP contribution in [0.4, 0.5) is 0 Å². The maximum absolute atomic E-state index is 12.2. The van der Waals surface area contributed by atoms with E-state index in [0.29, 0.717) is 22.8 Å². The van der Waals surface area contributed by atoms with Crippen LogP contribution < -0.4 is 5.32 Å². The van der Waals surface area contributed by atoms with E-state index in [1.54, 1.807) is 16.9 Å². The normalized spacial score (nSPS) is 10.8. The largest absolute Gasteiger partial charge is 0.347 e. The van der Waals surface area contributed by atoms with E-state index in [2.05, 4.69) is 15.4 Å². The van der Waals surface area contributed by atoms with Crippen LogP contribution in [0.2, 0.25) is 5.02 Å². The summed E-state index contributed by atoms with van der Waals surface area (Å²) in [6, 6.07) is 9.05. The van der Waals surface area contributed by atoms with Crippen LogP contribution in [-0.4, -0.2) is 20.7 Å². The number of pyridine rings is 1. The number of fused-ring (bicyclic) bond motifs is 1. The van der Waals surface area contributed by atoms with Gasteiger partial charge in [-0.05, 0) is 12.1 Å². The number of nitrogens with zero attached hydrogens (tertiary/aromatic N) is 3. The smallest absolute Gasteiger partial charge is 0.270 e. The molecule has 2 aromatic heterocycles. The highest BCUT2D eigenvalue weighted by Crippen LogP contribution is 2.22. The first-order chi connectivity index (χ1) is 10.1. The second-order valence-corrected chi connectivity index (χ2v) is 5.12. The molecule has 0 aliphatic carbocycles. The van der Waals surface area contributed by atoms with Crippen molar-refractivity contribution in [1.82, 2.24) is 20.1 Å². The third-order valence-corrected chi connectivity index (χ3v) is 3.42. The lowest BCUT2D eigenvalue weighted by atomic mass is 10.2. The molecule has 106 valence electrons. The Bertz CT molecular complexity index is 812. The van der Waals surface area contributed by atoms with Gasteiger partial charge in [0.1, 0.15) is 5.69 Å². The van der Waals surface area contributed by atoms with E-state index in [0.717, 1.165) is 10.9 Å². The van der Waals surface area contributed by atoms with Gasteiger partial charge in [-0.3, -0.25) is 9.48 Å². The molecule has 3 rings (SSSR count). The van der Waals surface area contributed by atoms with E-state index in [-0.39, 0.29) is 5.91 Å². The summed E-state index contributed by atoms with van der Waals surface area (Å²) in [6.07, 6.45) is 3.56. The molecule has 0 aliphatic heterocycles.